The van der Waals surface area contributed by atoms with Crippen molar-refractivity contribution >= 4 is 11.9 Å². The molecule has 154 valence electrons. The van der Waals surface area contributed by atoms with Gasteiger partial charge >= 0.3 is 5.97 Å². The van der Waals surface area contributed by atoms with Crippen LogP contribution in [0.1, 0.15) is 76.2 Å². The Bertz CT molecular complexity index is 549. The maximum atomic E-state index is 12.4. The summed E-state index contributed by atoms with van der Waals surface area (Å²) in [6.07, 6.45) is 8.90. The fraction of sp³-hybridized carbons (Fsp3) is 0.750. The monoisotopic (exact) mass is 380 g/mol. The highest BCUT2D eigenvalue weighted by molar-refractivity contribution is 5.92. The third kappa shape index (κ3) is 10.1. The maximum Gasteiger partial charge on any atom is 0.305 e. The van der Waals surface area contributed by atoms with Gasteiger partial charge in [0.2, 0.25) is 0 Å². The van der Waals surface area contributed by atoms with Crippen LogP contribution >= 0.6 is 0 Å². The van der Waals surface area contributed by atoms with E-state index in [1.807, 2.05) is 6.92 Å². The fourth-order valence-electron chi connectivity index (χ4n) is 3.01. The van der Waals surface area contributed by atoms with Crippen LogP contribution in [0, 0.1) is 0 Å². The summed E-state index contributed by atoms with van der Waals surface area (Å²) < 4.78 is 1.50. The SMILES string of the molecule is CCCCCN(CCCCC)CC(C)NC(=O)c1ccn(CCC(=O)O)n1. The zero-order valence-electron chi connectivity index (χ0n) is 17.1. The molecular formula is C20H36N4O3. The van der Waals surface area contributed by atoms with E-state index in [1.54, 1.807) is 12.3 Å². The molecule has 1 atom stereocenters. The summed E-state index contributed by atoms with van der Waals surface area (Å²) >= 11 is 0. The minimum atomic E-state index is -0.878. The first-order valence-electron chi connectivity index (χ1n) is 10.2. The predicted molar refractivity (Wildman–Crippen MR) is 107 cm³/mol. The minimum Gasteiger partial charge on any atom is -0.481 e. The lowest BCUT2D eigenvalue weighted by molar-refractivity contribution is -0.137. The van der Waals surface area contributed by atoms with Crippen molar-refractivity contribution in [3.8, 4) is 0 Å². The van der Waals surface area contributed by atoms with Gasteiger partial charge in [-0.25, -0.2) is 0 Å². The van der Waals surface area contributed by atoms with Gasteiger partial charge in [0.1, 0.15) is 5.69 Å². The van der Waals surface area contributed by atoms with E-state index in [-0.39, 0.29) is 24.9 Å². The molecule has 0 fully saturated rings. The molecule has 7 heteroatoms. The first-order valence-corrected chi connectivity index (χ1v) is 10.2. The molecule has 1 unspecified atom stereocenters. The van der Waals surface area contributed by atoms with Gasteiger partial charge in [-0.15, -0.1) is 0 Å². The van der Waals surface area contributed by atoms with E-state index >= 15 is 0 Å². The van der Waals surface area contributed by atoms with Crippen molar-refractivity contribution in [2.75, 3.05) is 19.6 Å². The Labute approximate surface area is 163 Å². The third-order valence-corrected chi connectivity index (χ3v) is 4.49. The average Bonchev–Trinajstić information content (AvgIpc) is 3.09. The number of carbonyl (C=O) groups excluding carboxylic acids is 1. The number of nitrogens with zero attached hydrogens (tertiary/aromatic N) is 3. The van der Waals surface area contributed by atoms with Gasteiger partial charge in [-0.1, -0.05) is 39.5 Å². The molecule has 1 heterocycles. The van der Waals surface area contributed by atoms with Crippen LogP contribution in [-0.2, 0) is 11.3 Å². The van der Waals surface area contributed by atoms with E-state index in [9.17, 15) is 9.59 Å². The summed E-state index contributed by atoms with van der Waals surface area (Å²) in [6.45, 7) is 9.68. The van der Waals surface area contributed by atoms with Crippen LogP contribution in [-0.4, -0.2) is 57.3 Å². The highest BCUT2D eigenvalue weighted by Gasteiger charge is 2.15. The molecule has 7 nitrogen and oxygen atoms in total. The number of carboxylic acid groups (broad SMARTS) is 1. The first kappa shape index (κ1) is 23.1. The van der Waals surface area contributed by atoms with Crippen molar-refractivity contribution in [3.63, 3.8) is 0 Å². The summed E-state index contributed by atoms with van der Waals surface area (Å²) in [5.41, 5.74) is 0.329. The number of aliphatic carboxylic acids is 1. The number of hydrogen-bond donors (Lipinski definition) is 2. The molecule has 27 heavy (non-hydrogen) atoms. The fourth-order valence-corrected chi connectivity index (χ4v) is 3.01. The number of hydrogen-bond acceptors (Lipinski definition) is 4. The smallest absolute Gasteiger partial charge is 0.305 e. The zero-order chi connectivity index (χ0) is 20.1. The molecule has 1 aromatic rings. The predicted octanol–water partition coefficient (Wildman–Crippen LogP) is 3.16. The van der Waals surface area contributed by atoms with Crippen molar-refractivity contribution in [3.05, 3.63) is 18.0 Å². The van der Waals surface area contributed by atoms with Crippen molar-refractivity contribution in [1.82, 2.24) is 20.0 Å². The molecule has 0 spiro atoms. The van der Waals surface area contributed by atoms with Gasteiger partial charge < -0.3 is 15.3 Å². The van der Waals surface area contributed by atoms with E-state index in [0.29, 0.717) is 5.69 Å². The van der Waals surface area contributed by atoms with Crippen LogP contribution in [0.15, 0.2) is 12.3 Å². The van der Waals surface area contributed by atoms with Gasteiger partial charge in [-0.3, -0.25) is 14.3 Å². The van der Waals surface area contributed by atoms with Gasteiger partial charge in [0.25, 0.3) is 5.91 Å². The van der Waals surface area contributed by atoms with Crippen LogP contribution in [0.3, 0.4) is 0 Å². The number of carboxylic acids is 1. The van der Waals surface area contributed by atoms with Crippen LogP contribution in [0.4, 0.5) is 0 Å². The lowest BCUT2D eigenvalue weighted by Gasteiger charge is -2.26. The largest absolute Gasteiger partial charge is 0.481 e. The van der Waals surface area contributed by atoms with E-state index in [2.05, 4.69) is 29.2 Å². The van der Waals surface area contributed by atoms with Crippen molar-refractivity contribution < 1.29 is 14.7 Å². The molecule has 0 radical (unpaired) electrons. The molecule has 1 amide bonds. The standard InChI is InChI=1S/C20H36N4O3/c1-4-6-8-12-23(13-9-7-5-2)16-17(3)21-20(27)18-10-14-24(22-18)15-11-19(25)26/h10,14,17H,4-9,11-13,15-16H2,1-3H3,(H,21,27)(H,25,26). The summed E-state index contributed by atoms with van der Waals surface area (Å²) in [5.74, 6) is -1.09. The van der Waals surface area contributed by atoms with Crippen molar-refractivity contribution in [1.29, 1.82) is 0 Å². The highest BCUT2D eigenvalue weighted by Crippen LogP contribution is 2.05. The second-order valence-electron chi connectivity index (χ2n) is 7.20. The van der Waals surface area contributed by atoms with Gasteiger partial charge in [0, 0.05) is 18.8 Å². The molecule has 1 rings (SSSR count). The Hall–Kier alpha value is -1.89. The molecule has 0 saturated heterocycles. The summed E-state index contributed by atoms with van der Waals surface area (Å²) in [5, 5.41) is 15.9. The second kappa shape index (κ2) is 13.3. The van der Waals surface area contributed by atoms with Crippen LogP contribution in [0.25, 0.3) is 0 Å². The van der Waals surface area contributed by atoms with Crippen LogP contribution in [0.2, 0.25) is 0 Å². The van der Waals surface area contributed by atoms with Crippen LogP contribution in [0.5, 0.6) is 0 Å². The minimum absolute atomic E-state index is 0.0103. The van der Waals surface area contributed by atoms with Gasteiger partial charge in [0.15, 0.2) is 0 Å². The Morgan fingerprint density at radius 3 is 2.37 bits per heavy atom. The number of unbranched alkanes of at least 4 members (excludes halogenated alkanes) is 4. The Morgan fingerprint density at radius 2 is 1.81 bits per heavy atom. The molecule has 0 aliphatic rings. The third-order valence-electron chi connectivity index (χ3n) is 4.49. The Morgan fingerprint density at radius 1 is 1.19 bits per heavy atom. The van der Waals surface area contributed by atoms with E-state index in [0.717, 1.165) is 19.6 Å². The molecule has 0 saturated carbocycles. The first-order chi connectivity index (χ1) is 13.0. The number of carbonyl (C=O) groups is 2. The number of nitrogens with one attached hydrogen (secondary N) is 1. The molecule has 0 bridgehead atoms. The van der Waals surface area contributed by atoms with Gasteiger partial charge in [0.05, 0.1) is 13.0 Å². The van der Waals surface area contributed by atoms with Gasteiger partial charge in [-0.2, -0.15) is 5.10 Å². The lowest BCUT2D eigenvalue weighted by atomic mass is 10.2. The Balaban J connectivity index is 2.49. The Kier molecular flexibility index (Phi) is 11.4. The van der Waals surface area contributed by atoms with Gasteiger partial charge in [-0.05, 0) is 38.9 Å². The number of rotatable bonds is 15. The quantitative estimate of drug-likeness (QED) is 0.456. The molecule has 0 aliphatic heterocycles. The summed E-state index contributed by atoms with van der Waals surface area (Å²) in [7, 11) is 0. The summed E-state index contributed by atoms with van der Waals surface area (Å²) in [4.78, 5) is 25.5. The highest BCUT2D eigenvalue weighted by atomic mass is 16.4. The second-order valence-corrected chi connectivity index (χ2v) is 7.20. The zero-order valence-corrected chi connectivity index (χ0v) is 17.1. The maximum absolute atomic E-state index is 12.4. The molecular weight excluding hydrogens is 344 g/mol. The molecule has 1 aromatic heterocycles. The molecule has 0 aromatic carbocycles. The normalized spacial score (nSPS) is 12.3. The average molecular weight is 381 g/mol. The van der Waals surface area contributed by atoms with Crippen molar-refractivity contribution in [2.24, 2.45) is 0 Å². The number of aromatic nitrogens is 2. The van der Waals surface area contributed by atoms with Crippen LogP contribution < -0.4 is 5.32 Å². The number of amides is 1. The lowest BCUT2D eigenvalue weighted by Crippen LogP contribution is -2.42. The molecule has 0 aliphatic carbocycles. The van der Waals surface area contributed by atoms with E-state index in [1.165, 1.54) is 43.2 Å². The van der Waals surface area contributed by atoms with E-state index in [4.69, 9.17) is 5.11 Å². The summed E-state index contributed by atoms with van der Waals surface area (Å²) in [6, 6.07) is 1.66. The number of aryl methyl sites for hydroxylation is 1. The van der Waals surface area contributed by atoms with E-state index < -0.39 is 5.97 Å². The molecule has 2 N–H and O–H groups in total. The van der Waals surface area contributed by atoms with Crippen molar-refractivity contribution in [2.45, 2.75) is 78.3 Å². The topological polar surface area (TPSA) is 87.5 Å².